The molecule has 0 fully saturated rings. The Morgan fingerprint density at radius 1 is 1.30 bits per heavy atom. The highest BCUT2D eigenvalue weighted by molar-refractivity contribution is 6.32. The van der Waals surface area contributed by atoms with Crippen LogP contribution in [0.1, 0.15) is 19.4 Å². The lowest BCUT2D eigenvalue weighted by molar-refractivity contribution is -0.138. The van der Waals surface area contributed by atoms with Gasteiger partial charge in [0.1, 0.15) is 6.61 Å². The van der Waals surface area contributed by atoms with Gasteiger partial charge in [0.2, 0.25) is 0 Å². The van der Waals surface area contributed by atoms with Crippen LogP contribution in [0.3, 0.4) is 0 Å². The molecule has 0 aliphatic rings. The van der Waals surface area contributed by atoms with Crippen molar-refractivity contribution in [3.8, 4) is 0 Å². The fourth-order valence-electron chi connectivity index (χ4n) is 1.63. The van der Waals surface area contributed by atoms with Gasteiger partial charge in [-0.1, -0.05) is 43.6 Å². The number of halogens is 2. The van der Waals surface area contributed by atoms with Crippen molar-refractivity contribution in [2.24, 2.45) is 0 Å². The normalized spacial score (nSPS) is 10.6. The summed E-state index contributed by atoms with van der Waals surface area (Å²) >= 11 is 5.98. The highest BCUT2D eigenvalue weighted by Crippen LogP contribution is 2.16. The van der Waals surface area contributed by atoms with Gasteiger partial charge in [-0.25, -0.2) is 4.79 Å². The van der Waals surface area contributed by atoms with E-state index in [1.807, 2.05) is 18.2 Å². The summed E-state index contributed by atoms with van der Waals surface area (Å²) in [5.41, 5.74) is 0.810. The molecule has 0 radical (unpaired) electrons. The Hall–Kier alpha value is -1.03. The topological polar surface area (TPSA) is 29.5 Å². The van der Waals surface area contributed by atoms with Gasteiger partial charge in [-0.2, -0.15) is 0 Å². The van der Waals surface area contributed by atoms with E-state index in [9.17, 15) is 4.79 Å². The lowest BCUT2D eigenvalue weighted by Crippen LogP contribution is -2.27. The number of carbonyl (C=O) groups excluding carboxylic acids is 1. The molecule has 1 rings (SSSR count). The molecule has 5 heteroatoms. The molecule has 112 valence electrons. The Balaban J connectivity index is 0.00000361. The lowest BCUT2D eigenvalue weighted by Gasteiger charge is -2.16. The van der Waals surface area contributed by atoms with Crippen molar-refractivity contribution in [1.82, 2.24) is 4.90 Å². The van der Waals surface area contributed by atoms with E-state index >= 15 is 0 Å². The fraction of sp³-hybridized carbons (Fsp3) is 0.400. The third kappa shape index (κ3) is 6.94. The molecule has 1 aromatic rings. The van der Waals surface area contributed by atoms with E-state index < -0.39 is 0 Å². The minimum Gasteiger partial charge on any atom is -0.461 e. The van der Waals surface area contributed by atoms with E-state index in [0.717, 1.165) is 25.2 Å². The second kappa shape index (κ2) is 10.7. The zero-order valence-corrected chi connectivity index (χ0v) is 13.4. The van der Waals surface area contributed by atoms with Crippen molar-refractivity contribution < 1.29 is 9.53 Å². The number of carbonyl (C=O) groups is 1. The molecule has 0 amide bonds. The Kier molecular flexibility index (Phi) is 10.2. The van der Waals surface area contributed by atoms with Gasteiger partial charge >= 0.3 is 5.97 Å². The molecule has 0 heterocycles. The van der Waals surface area contributed by atoms with Gasteiger partial charge in [0, 0.05) is 17.6 Å². The third-order valence-electron chi connectivity index (χ3n) is 2.85. The third-order valence-corrected chi connectivity index (χ3v) is 3.19. The highest BCUT2D eigenvalue weighted by Gasteiger charge is 2.02. The van der Waals surface area contributed by atoms with Crippen molar-refractivity contribution in [1.29, 1.82) is 0 Å². The van der Waals surface area contributed by atoms with Gasteiger partial charge < -0.3 is 9.64 Å². The quantitative estimate of drug-likeness (QED) is 0.567. The second-order valence-electron chi connectivity index (χ2n) is 4.05. The van der Waals surface area contributed by atoms with Crippen LogP contribution in [0.15, 0.2) is 30.3 Å². The summed E-state index contributed by atoms with van der Waals surface area (Å²) in [6, 6.07) is 7.36. The number of likely N-dealkylation sites (N-methyl/N-ethyl adjacent to an activating group) is 1. The van der Waals surface area contributed by atoms with Crippen LogP contribution in [0.25, 0.3) is 6.08 Å². The average molecular weight is 318 g/mol. The molecule has 0 aromatic heterocycles. The number of hydrogen-bond donors (Lipinski definition) is 0. The molecule has 0 N–H and O–H groups in total. The van der Waals surface area contributed by atoms with Crippen LogP contribution in [0.2, 0.25) is 5.02 Å². The van der Waals surface area contributed by atoms with Crippen LogP contribution in [0.5, 0.6) is 0 Å². The van der Waals surface area contributed by atoms with Crippen LogP contribution < -0.4 is 0 Å². The summed E-state index contributed by atoms with van der Waals surface area (Å²) in [5.74, 6) is -0.341. The van der Waals surface area contributed by atoms with Crippen LogP contribution in [-0.4, -0.2) is 37.1 Å². The van der Waals surface area contributed by atoms with E-state index in [0.29, 0.717) is 11.6 Å². The van der Waals surface area contributed by atoms with Crippen LogP contribution in [0, 0.1) is 0 Å². The van der Waals surface area contributed by atoms with E-state index in [4.69, 9.17) is 16.3 Å². The smallest absolute Gasteiger partial charge is 0.330 e. The van der Waals surface area contributed by atoms with Gasteiger partial charge in [-0.05, 0) is 30.8 Å². The first kappa shape index (κ1) is 19.0. The van der Waals surface area contributed by atoms with E-state index in [2.05, 4.69) is 18.7 Å². The molecule has 0 saturated heterocycles. The number of benzene rings is 1. The van der Waals surface area contributed by atoms with Crippen molar-refractivity contribution in [3.05, 3.63) is 40.9 Å². The monoisotopic (exact) mass is 317 g/mol. The molecule has 0 unspecified atom stereocenters. The summed E-state index contributed by atoms with van der Waals surface area (Å²) < 4.78 is 5.13. The second-order valence-corrected chi connectivity index (χ2v) is 4.46. The van der Waals surface area contributed by atoms with Gasteiger partial charge in [0.25, 0.3) is 0 Å². The molecule has 0 aliphatic heterocycles. The largest absolute Gasteiger partial charge is 0.461 e. The molecule has 1 aromatic carbocycles. The van der Waals surface area contributed by atoms with Crippen molar-refractivity contribution in [2.75, 3.05) is 26.2 Å². The summed E-state index contributed by atoms with van der Waals surface area (Å²) in [6.07, 6.45) is 3.07. The average Bonchev–Trinajstić information content (AvgIpc) is 2.43. The Morgan fingerprint density at radius 2 is 1.95 bits per heavy atom. The Labute approximate surface area is 132 Å². The number of ether oxygens (including phenoxy) is 1. The van der Waals surface area contributed by atoms with Crippen LogP contribution in [0.4, 0.5) is 0 Å². The first-order valence-corrected chi connectivity index (χ1v) is 6.86. The Morgan fingerprint density at radius 3 is 2.55 bits per heavy atom. The predicted octanol–water partition coefficient (Wildman–Crippen LogP) is 3.66. The van der Waals surface area contributed by atoms with Crippen LogP contribution in [-0.2, 0) is 9.53 Å². The molecule has 20 heavy (non-hydrogen) atoms. The molecule has 0 spiro atoms. The predicted molar refractivity (Wildman–Crippen MR) is 86.5 cm³/mol. The zero-order chi connectivity index (χ0) is 14.1. The maximum absolute atomic E-state index is 11.5. The summed E-state index contributed by atoms with van der Waals surface area (Å²) in [4.78, 5) is 13.7. The molecule has 0 bridgehead atoms. The molecule has 3 nitrogen and oxygen atoms in total. The fourth-order valence-corrected chi connectivity index (χ4v) is 1.83. The summed E-state index contributed by atoms with van der Waals surface area (Å²) in [5, 5.41) is 0.620. The van der Waals surface area contributed by atoms with E-state index in [-0.39, 0.29) is 18.4 Å². The van der Waals surface area contributed by atoms with Crippen LogP contribution >= 0.6 is 24.0 Å². The summed E-state index contributed by atoms with van der Waals surface area (Å²) in [6.45, 7) is 7.27. The van der Waals surface area contributed by atoms with Gasteiger partial charge in [0.15, 0.2) is 0 Å². The van der Waals surface area contributed by atoms with Crippen molar-refractivity contribution in [2.45, 2.75) is 13.8 Å². The van der Waals surface area contributed by atoms with E-state index in [1.54, 1.807) is 12.1 Å². The number of rotatable bonds is 7. The first-order valence-electron chi connectivity index (χ1n) is 6.49. The number of esters is 1. The number of nitrogens with zero attached hydrogens (tertiary/aromatic N) is 1. The zero-order valence-electron chi connectivity index (χ0n) is 11.8. The molecule has 0 atom stereocenters. The minimum atomic E-state index is -0.341. The SMILES string of the molecule is CCN(CC)CCOC(=O)/C=C\c1ccccc1Cl.Cl. The first-order chi connectivity index (χ1) is 9.17. The summed E-state index contributed by atoms with van der Waals surface area (Å²) in [7, 11) is 0. The van der Waals surface area contributed by atoms with Gasteiger partial charge in [0.05, 0.1) is 0 Å². The molecular formula is C15H21Cl2NO2. The highest BCUT2D eigenvalue weighted by atomic mass is 35.5. The minimum absolute atomic E-state index is 0. The molecule has 0 saturated carbocycles. The van der Waals surface area contributed by atoms with E-state index in [1.165, 1.54) is 6.08 Å². The van der Waals surface area contributed by atoms with Gasteiger partial charge in [-0.3, -0.25) is 0 Å². The van der Waals surface area contributed by atoms with Crippen molar-refractivity contribution in [3.63, 3.8) is 0 Å². The molecular weight excluding hydrogens is 297 g/mol. The van der Waals surface area contributed by atoms with Crippen molar-refractivity contribution >= 4 is 36.1 Å². The molecule has 0 aliphatic carbocycles. The maximum atomic E-state index is 11.5. The lowest BCUT2D eigenvalue weighted by atomic mass is 10.2. The standard InChI is InChI=1S/C15H20ClNO2.ClH/c1-3-17(4-2)11-12-19-15(18)10-9-13-7-5-6-8-14(13)16;/h5-10H,3-4,11-12H2,1-2H3;1H/b10-9-;. The van der Waals surface area contributed by atoms with Gasteiger partial charge in [-0.15, -0.1) is 12.4 Å². The number of hydrogen-bond acceptors (Lipinski definition) is 3. The Bertz CT molecular complexity index is 432. The maximum Gasteiger partial charge on any atom is 0.330 e.